The average Bonchev–Trinajstić information content (AvgIpc) is 4.04. The highest BCUT2D eigenvalue weighted by Crippen LogP contribution is 2.45. The zero-order chi connectivity index (χ0) is 37.5. The monoisotopic (exact) mass is 742 g/mol. The Morgan fingerprint density at radius 3 is 2.15 bits per heavy atom. The van der Waals surface area contributed by atoms with Gasteiger partial charge in [-0.2, -0.15) is 0 Å². The molecule has 3 aromatic rings. The van der Waals surface area contributed by atoms with E-state index in [2.05, 4.69) is 77.9 Å². The van der Waals surface area contributed by atoms with E-state index >= 15 is 0 Å². The third kappa shape index (κ3) is 5.17. The molecule has 10 nitrogen and oxygen atoms in total. The average molecular weight is 743 g/mol. The number of esters is 2. The smallest absolute Gasteiger partial charge is 0.305 e. The van der Waals surface area contributed by atoms with Crippen molar-refractivity contribution in [2.75, 3.05) is 23.7 Å². The van der Waals surface area contributed by atoms with Crippen molar-refractivity contribution in [3.63, 3.8) is 0 Å². The highest BCUT2D eigenvalue weighted by atomic mass is 32.2. The van der Waals surface area contributed by atoms with E-state index in [0.29, 0.717) is 12.8 Å². The lowest BCUT2D eigenvalue weighted by Gasteiger charge is -2.09. The summed E-state index contributed by atoms with van der Waals surface area (Å²) in [6.07, 6.45) is 9.56. The summed E-state index contributed by atoms with van der Waals surface area (Å²) >= 11 is 1.41. The Kier molecular flexibility index (Phi) is 7.64. The quantitative estimate of drug-likeness (QED) is 0.133. The molecule has 270 valence electrons. The van der Waals surface area contributed by atoms with Gasteiger partial charge < -0.3 is 18.9 Å². The SMILES string of the molecule is COC(=O)CCC1=C(C)C2=NC1=CC1=NC(=CC3=NC(=Cc4nc(c5c6cccc7cccc(c4=5)c76)=C2)C(C)=C3CCC(=O)OC)c2ccc3c(c21)NSN3. The van der Waals surface area contributed by atoms with Gasteiger partial charge in [-0.15, -0.1) is 0 Å². The van der Waals surface area contributed by atoms with E-state index in [1.54, 1.807) is 0 Å². The van der Waals surface area contributed by atoms with E-state index in [9.17, 15) is 9.59 Å². The highest BCUT2D eigenvalue weighted by Gasteiger charge is 2.31. The summed E-state index contributed by atoms with van der Waals surface area (Å²) in [4.78, 5) is 46.0. The van der Waals surface area contributed by atoms with E-state index in [1.807, 2.05) is 18.2 Å². The third-order valence-electron chi connectivity index (χ3n) is 11.2. The topological polar surface area (TPSA) is 127 Å². The number of aliphatic imine (C=N–C) groups is 3. The number of anilines is 2. The second-order valence-corrected chi connectivity index (χ2v) is 14.8. The van der Waals surface area contributed by atoms with Crippen molar-refractivity contribution in [2.45, 2.75) is 39.5 Å². The van der Waals surface area contributed by atoms with Gasteiger partial charge in [-0.05, 0) is 107 Å². The van der Waals surface area contributed by atoms with Crippen molar-refractivity contribution in [1.29, 1.82) is 0 Å². The van der Waals surface area contributed by atoms with Gasteiger partial charge >= 0.3 is 11.9 Å². The van der Waals surface area contributed by atoms with E-state index in [-0.39, 0.29) is 24.8 Å². The van der Waals surface area contributed by atoms with Crippen LogP contribution in [0.15, 0.2) is 109 Å². The summed E-state index contributed by atoms with van der Waals surface area (Å²) < 4.78 is 16.9. The van der Waals surface area contributed by atoms with Crippen molar-refractivity contribution in [3.8, 4) is 0 Å². The van der Waals surface area contributed by atoms with E-state index in [1.165, 1.54) is 37.1 Å². The summed E-state index contributed by atoms with van der Waals surface area (Å²) in [6.45, 7) is 4.12. The molecule has 11 heteroatoms. The molecule has 1 aliphatic carbocycles. The van der Waals surface area contributed by atoms with Crippen LogP contribution in [-0.4, -0.2) is 48.3 Å². The molecule has 0 spiro atoms. The van der Waals surface area contributed by atoms with Gasteiger partial charge in [0, 0.05) is 34.4 Å². The molecule has 0 aromatic heterocycles. The third-order valence-corrected chi connectivity index (χ3v) is 11.8. The van der Waals surface area contributed by atoms with E-state index < -0.39 is 0 Å². The number of carbonyl (C=O) groups is 2. The summed E-state index contributed by atoms with van der Waals surface area (Å²) in [7, 11) is 2.83. The lowest BCUT2D eigenvalue weighted by molar-refractivity contribution is -0.141. The highest BCUT2D eigenvalue weighted by molar-refractivity contribution is 8.02. The Morgan fingerprint density at radius 1 is 0.691 bits per heavy atom. The molecule has 3 aromatic carbocycles. The van der Waals surface area contributed by atoms with Gasteiger partial charge in [0.2, 0.25) is 0 Å². The molecule has 55 heavy (non-hydrogen) atoms. The van der Waals surface area contributed by atoms with Crippen LogP contribution in [0.2, 0.25) is 0 Å². The molecule has 6 aliphatic heterocycles. The number of aromatic nitrogens is 1. The minimum atomic E-state index is -0.282. The summed E-state index contributed by atoms with van der Waals surface area (Å²) in [6, 6.07) is 17.0. The molecule has 0 fully saturated rings. The molecule has 10 rings (SSSR count). The number of nitrogens with zero attached hydrogens (tertiary/aromatic N) is 4. The number of rotatable bonds is 6. The van der Waals surface area contributed by atoms with Gasteiger partial charge in [0.15, 0.2) is 0 Å². The van der Waals surface area contributed by atoms with Crippen LogP contribution in [0.25, 0.3) is 39.4 Å². The molecule has 0 unspecified atom stereocenters. The number of methoxy groups -OCH3 is 2. The second kappa shape index (κ2) is 12.6. The van der Waals surface area contributed by atoms with Gasteiger partial charge in [0.1, 0.15) is 0 Å². The number of benzene rings is 3. The first kappa shape index (κ1) is 33.3. The Balaban J connectivity index is 1.29. The predicted molar refractivity (Wildman–Crippen MR) is 220 cm³/mol. The maximum absolute atomic E-state index is 12.5. The zero-order valence-electron chi connectivity index (χ0n) is 30.6. The lowest BCUT2D eigenvalue weighted by atomic mass is 9.96. The van der Waals surface area contributed by atoms with E-state index in [4.69, 9.17) is 29.4 Å². The van der Waals surface area contributed by atoms with Crippen molar-refractivity contribution < 1.29 is 19.1 Å². The number of allylic oxidation sites excluding steroid dienone is 6. The standard InChI is InChI=1S/C44H34N6O4S/c1-21-24(12-15-38(51)53-3)32-19-34-26-11-14-29-44(50-55-49-29)43(26)37(47-34)20-33-25(13-16-39(52)54-4)22(2)31(46-33)18-36-42-28-10-6-8-23-7-5-9-27(40(23)28)41(42)35(48-36)17-30(21)45-32/h5-11,14,17-20,49-50H,12-13,15-16H2,1-4H3. The minimum absolute atomic E-state index is 0.216. The molecule has 0 amide bonds. The maximum Gasteiger partial charge on any atom is 0.305 e. The van der Waals surface area contributed by atoms with Crippen LogP contribution in [-0.2, 0) is 19.1 Å². The largest absolute Gasteiger partial charge is 0.469 e. The fourth-order valence-electron chi connectivity index (χ4n) is 8.46. The van der Waals surface area contributed by atoms with Crippen LogP contribution in [0.5, 0.6) is 0 Å². The normalized spacial score (nSPS) is 16.9. The minimum Gasteiger partial charge on any atom is -0.469 e. The Morgan fingerprint density at radius 2 is 1.38 bits per heavy atom. The van der Waals surface area contributed by atoms with Gasteiger partial charge in [-0.1, -0.05) is 36.4 Å². The van der Waals surface area contributed by atoms with Crippen molar-refractivity contribution in [2.24, 2.45) is 15.0 Å². The van der Waals surface area contributed by atoms with Crippen molar-refractivity contribution in [3.05, 3.63) is 127 Å². The Bertz CT molecular complexity index is 2980. The Hall–Kier alpha value is -6.33. The van der Waals surface area contributed by atoms with Crippen LogP contribution < -0.4 is 14.8 Å². The first-order valence-corrected chi connectivity index (χ1v) is 19.0. The molecule has 0 saturated carbocycles. The predicted octanol–water partition coefficient (Wildman–Crippen LogP) is 7.98. The van der Waals surface area contributed by atoms with Crippen LogP contribution in [0.1, 0.15) is 56.4 Å². The first-order valence-electron chi connectivity index (χ1n) is 18.2. The molecule has 0 radical (unpaired) electrons. The molecular weight excluding hydrogens is 709 g/mol. The van der Waals surface area contributed by atoms with Crippen LogP contribution in [0.3, 0.4) is 0 Å². The van der Waals surface area contributed by atoms with Crippen LogP contribution in [0.4, 0.5) is 11.4 Å². The molecular formula is C44H34N6O4S. The summed E-state index contributed by atoms with van der Waals surface area (Å²) in [5.74, 6) is -0.562. The van der Waals surface area contributed by atoms with Crippen LogP contribution >= 0.6 is 12.1 Å². The van der Waals surface area contributed by atoms with E-state index in [0.717, 1.165) is 111 Å². The number of nitrogens with one attached hydrogen (secondary N) is 2. The van der Waals surface area contributed by atoms with Crippen LogP contribution in [0, 0.1) is 10.4 Å². The summed E-state index contributed by atoms with van der Waals surface area (Å²) in [5, 5.41) is 7.58. The lowest BCUT2D eigenvalue weighted by Crippen LogP contribution is -2.09. The fraction of sp³-hybridized carbons (Fsp3) is 0.182. The van der Waals surface area contributed by atoms with Crippen molar-refractivity contribution in [1.82, 2.24) is 4.98 Å². The number of ether oxygens (including phenoxy) is 2. The van der Waals surface area contributed by atoms with Gasteiger partial charge in [0.25, 0.3) is 0 Å². The molecule has 7 aliphatic rings. The summed E-state index contributed by atoms with van der Waals surface area (Å²) in [5.41, 5.74) is 13.0. The second-order valence-electron chi connectivity index (χ2n) is 14.1. The molecule has 2 N–H and O–H groups in total. The Labute approximate surface area is 320 Å². The number of fused-ring (bicyclic) bond motifs is 14. The van der Waals surface area contributed by atoms with Gasteiger partial charge in [-0.25, -0.2) is 20.0 Å². The number of carbonyl (C=O) groups excluding carboxylic acids is 2. The van der Waals surface area contributed by atoms with Gasteiger partial charge in [0.05, 0.1) is 83.0 Å². The fourth-order valence-corrected chi connectivity index (χ4v) is 9.10. The zero-order valence-corrected chi connectivity index (χ0v) is 31.4. The molecule has 8 bridgehead atoms. The van der Waals surface area contributed by atoms with Gasteiger partial charge in [-0.3, -0.25) is 9.59 Å². The first-order chi connectivity index (χ1) is 26.8. The number of hydrogen-bond acceptors (Lipinski definition) is 11. The molecule has 6 heterocycles. The maximum atomic E-state index is 12.5. The molecule has 0 saturated heterocycles. The molecule has 0 atom stereocenters. The van der Waals surface area contributed by atoms with Crippen molar-refractivity contribution >= 4 is 92.0 Å². The number of hydrogen-bond donors (Lipinski definition) is 2.